The summed E-state index contributed by atoms with van der Waals surface area (Å²) in [4.78, 5) is 1.19. The molecule has 5 heteroatoms. The van der Waals surface area contributed by atoms with Crippen LogP contribution < -0.4 is 4.74 Å². The lowest BCUT2D eigenvalue weighted by Crippen LogP contribution is -2.07. The van der Waals surface area contributed by atoms with E-state index in [4.69, 9.17) is 4.74 Å². The van der Waals surface area contributed by atoms with Crippen LogP contribution in [0.2, 0.25) is 0 Å². The van der Waals surface area contributed by atoms with Crippen molar-refractivity contribution in [1.29, 1.82) is 0 Å². The topological polar surface area (TPSA) is 9.23 Å². The molecule has 2 aromatic rings. The predicted molar refractivity (Wildman–Crippen MR) is 97.2 cm³/mol. The van der Waals surface area contributed by atoms with E-state index in [1.54, 1.807) is 11.8 Å². The van der Waals surface area contributed by atoms with Gasteiger partial charge in [-0.15, -0.1) is 11.8 Å². The molecule has 0 saturated heterocycles. The Morgan fingerprint density at radius 1 is 1.04 bits per heavy atom. The van der Waals surface area contributed by atoms with Crippen LogP contribution in [0.4, 0.5) is 13.2 Å². The van der Waals surface area contributed by atoms with Gasteiger partial charge >= 0.3 is 6.18 Å². The van der Waals surface area contributed by atoms with Crippen LogP contribution in [0.3, 0.4) is 0 Å². The van der Waals surface area contributed by atoms with Crippen molar-refractivity contribution in [3.63, 3.8) is 0 Å². The number of allylic oxidation sites excluding steroid dienone is 1. The van der Waals surface area contributed by atoms with E-state index in [9.17, 15) is 13.2 Å². The van der Waals surface area contributed by atoms with E-state index < -0.39 is 11.7 Å². The molecule has 2 rings (SSSR count). The quantitative estimate of drug-likeness (QED) is 0.425. The van der Waals surface area contributed by atoms with Crippen LogP contribution in [0.5, 0.6) is 5.75 Å². The Bertz CT molecular complexity index is 729. The first-order valence-corrected chi connectivity index (χ1v) is 8.89. The fraction of sp³-hybridized carbons (Fsp3) is 0.300. The number of halogens is 3. The summed E-state index contributed by atoms with van der Waals surface area (Å²) in [5, 5.41) is 0. The van der Waals surface area contributed by atoms with Gasteiger partial charge in [0.25, 0.3) is 0 Å². The molecule has 25 heavy (non-hydrogen) atoms. The zero-order valence-electron chi connectivity index (χ0n) is 14.5. The smallest absolute Gasteiger partial charge is 0.416 e. The van der Waals surface area contributed by atoms with Crippen LogP contribution in [-0.2, 0) is 6.18 Å². The number of ether oxygens (including phenoxy) is 1. The summed E-state index contributed by atoms with van der Waals surface area (Å²) in [6.07, 6.45) is -4.33. The van der Waals surface area contributed by atoms with Gasteiger partial charge in [-0.05, 0) is 62.7 Å². The van der Waals surface area contributed by atoms with Crippen molar-refractivity contribution in [2.75, 3.05) is 12.4 Å². The number of benzene rings is 2. The molecule has 0 heterocycles. The minimum Gasteiger partial charge on any atom is -0.489 e. The molecule has 0 aliphatic heterocycles. The van der Waals surface area contributed by atoms with Crippen molar-refractivity contribution in [1.82, 2.24) is 0 Å². The molecule has 0 spiro atoms. The highest BCUT2D eigenvalue weighted by Gasteiger charge is 2.30. The second-order valence-corrected chi connectivity index (χ2v) is 7.07. The van der Waals surface area contributed by atoms with E-state index in [1.807, 2.05) is 19.9 Å². The maximum absolute atomic E-state index is 12.6. The summed E-state index contributed by atoms with van der Waals surface area (Å²) in [5.74, 6) is 1.22. The van der Waals surface area contributed by atoms with E-state index in [1.165, 1.54) is 22.6 Å². The third-order valence-corrected chi connectivity index (χ3v) is 4.78. The molecule has 2 aromatic carbocycles. The molecule has 0 atom stereocenters. The van der Waals surface area contributed by atoms with Gasteiger partial charge in [-0.25, -0.2) is 0 Å². The summed E-state index contributed by atoms with van der Waals surface area (Å²) in [7, 11) is 0. The number of rotatable bonds is 6. The summed E-state index contributed by atoms with van der Waals surface area (Å²) in [6, 6.07) is 13.1. The lowest BCUT2D eigenvalue weighted by Gasteiger charge is -2.13. The summed E-state index contributed by atoms with van der Waals surface area (Å²) in [6.45, 7) is 6.45. The zero-order valence-corrected chi connectivity index (χ0v) is 15.3. The van der Waals surface area contributed by atoms with Crippen LogP contribution >= 0.6 is 11.8 Å². The highest BCUT2D eigenvalue weighted by molar-refractivity contribution is 7.99. The summed E-state index contributed by atoms with van der Waals surface area (Å²) in [5.41, 5.74) is 2.83. The second kappa shape index (κ2) is 8.48. The average Bonchev–Trinajstić information content (AvgIpc) is 2.54. The average molecular weight is 366 g/mol. The molecule has 0 unspecified atom stereocenters. The fourth-order valence-corrected chi connectivity index (χ4v) is 3.27. The molecule has 0 saturated carbocycles. The van der Waals surface area contributed by atoms with Gasteiger partial charge < -0.3 is 4.74 Å². The third kappa shape index (κ3) is 6.16. The largest absolute Gasteiger partial charge is 0.489 e. The molecule has 0 bridgehead atoms. The maximum Gasteiger partial charge on any atom is 0.416 e. The summed E-state index contributed by atoms with van der Waals surface area (Å²) >= 11 is 1.73. The van der Waals surface area contributed by atoms with Gasteiger partial charge in [-0.1, -0.05) is 23.3 Å². The van der Waals surface area contributed by atoms with Gasteiger partial charge in [-0.3, -0.25) is 0 Å². The first-order chi connectivity index (χ1) is 11.8. The Hall–Kier alpha value is -1.88. The van der Waals surface area contributed by atoms with Crippen molar-refractivity contribution in [3.05, 3.63) is 70.8 Å². The highest BCUT2D eigenvalue weighted by Crippen LogP contribution is 2.30. The minimum atomic E-state index is -4.33. The molecule has 0 amide bonds. The molecular weight excluding hydrogens is 345 g/mol. The van der Waals surface area contributed by atoms with Crippen molar-refractivity contribution >= 4 is 11.8 Å². The number of hydrogen-bond acceptors (Lipinski definition) is 2. The summed E-state index contributed by atoms with van der Waals surface area (Å²) < 4.78 is 43.4. The second-order valence-electron chi connectivity index (χ2n) is 6.02. The Morgan fingerprint density at radius 2 is 1.72 bits per heavy atom. The molecule has 0 aliphatic rings. The molecule has 0 aromatic heterocycles. The van der Waals surface area contributed by atoms with Gasteiger partial charge in [0.1, 0.15) is 12.4 Å². The molecular formula is C20H21F3OS. The number of hydrogen-bond donors (Lipinski definition) is 0. The molecule has 0 N–H and O–H groups in total. The normalized spacial score (nSPS) is 11.3. The van der Waals surface area contributed by atoms with Crippen LogP contribution in [0.25, 0.3) is 0 Å². The maximum atomic E-state index is 12.6. The lowest BCUT2D eigenvalue weighted by molar-refractivity contribution is -0.137. The number of aryl methyl sites for hydroxylation is 1. The Morgan fingerprint density at radius 3 is 2.28 bits per heavy atom. The highest BCUT2D eigenvalue weighted by atomic mass is 32.2. The van der Waals surface area contributed by atoms with Gasteiger partial charge in [0.15, 0.2) is 0 Å². The van der Waals surface area contributed by atoms with Crippen molar-refractivity contribution in [3.8, 4) is 5.75 Å². The molecule has 134 valence electrons. The van der Waals surface area contributed by atoms with Gasteiger partial charge in [0.05, 0.1) is 5.56 Å². The van der Waals surface area contributed by atoms with E-state index in [-0.39, 0.29) is 0 Å². The van der Waals surface area contributed by atoms with Crippen LogP contribution in [0.15, 0.2) is 64.6 Å². The molecule has 0 fully saturated rings. The zero-order chi connectivity index (χ0) is 18.4. The Balaban J connectivity index is 1.95. The number of alkyl halides is 3. The van der Waals surface area contributed by atoms with Crippen LogP contribution in [-0.4, -0.2) is 12.4 Å². The van der Waals surface area contributed by atoms with E-state index in [0.29, 0.717) is 12.4 Å². The Labute approximate surface area is 150 Å². The van der Waals surface area contributed by atoms with E-state index in [2.05, 4.69) is 25.1 Å². The van der Waals surface area contributed by atoms with Crippen molar-refractivity contribution in [2.45, 2.75) is 31.8 Å². The monoisotopic (exact) mass is 366 g/mol. The first-order valence-electron chi connectivity index (χ1n) is 7.90. The van der Waals surface area contributed by atoms with E-state index >= 15 is 0 Å². The van der Waals surface area contributed by atoms with Gasteiger partial charge in [-0.2, -0.15) is 13.2 Å². The van der Waals surface area contributed by atoms with Gasteiger partial charge in [0, 0.05) is 10.6 Å². The third-order valence-electron chi connectivity index (χ3n) is 3.70. The number of thioether (sulfide) groups is 1. The SMILES string of the molecule is CC(C)=C(COc1ccc(C(F)(F)F)cc1)CSc1cccc(C)c1. The standard InChI is InChI=1S/C20H21F3OS/c1-14(2)16(13-25-19-6-4-5-15(3)11-19)12-24-18-9-7-17(8-10-18)20(21,22)23/h4-11H,12-13H2,1-3H3. The van der Waals surface area contributed by atoms with E-state index in [0.717, 1.165) is 29.0 Å². The van der Waals surface area contributed by atoms with Crippen LogP contribution in [0.1, 0.15) is 25.0 Å². The minimum absolute atomic E-state index is 0.368. The van der Waals surface area contributed by atoms with Crippen molar-refractivity contribution in [2.24, 2.45) is 0 Å². The Kier molecular flexibility index (Phi) is 6.59. The van der Waals surface area contributed by atoms with Crippen LogP contribution in [0, 0.1) is 6.92 Å². The molecule has 0 aliphatic carbocycles. The first kappa shape index (κ1) is 19.4. The lowest BCUT2D eigenvalue weighted by atomic mass is 10.2. The predicted octanol–water partition coefficient (Wildman–Crippen LogP) is 6.52. The fourth-order valence-electron chi connectivity index (χ4n) is 2.12. The molecule has 0 radical (unpaired) electrons. The van der Waals surface area contributed by atoms with Crippen molar-refractivity contribution < 1.29 is 17.9 Å². The molecule has 1 nitrogen and oxygen atoms in total. The van der Waals surface area contributed by atoms with Gasteiger partial charge in [0.2, 0.25) is 0 Å².